The molecule has 0 atom stereocenters. The van der Waals surface area contributed by atoms with Crippen LogP contribution in [0, 0.1) is 0 Å². The van der Waals surface area contributed by atoms with Crippen LogP contribution in [0.15, 0.2) is 49.2 Å². The van der Waals surface area contributed by atoms with Crippen molar-refractivity contribution in [2.45, 2.75) is 0 Å². The lowest BCUT2D eigenvalue weighted by molar-refractivity contribution is 0.102. The topological polar surface area (TPSA) is 54.0 Å². The molecule has 0 aliphatic rings. The highest BCUT2D eigenvalue weighted by Crippen LogP contribution is 2.29. The summed E-state index contributed by atoms with van der Waals surface area (Å²) in [5.41, 5.74) is 1.51. The average Bonchev–Trinajstić information content (AvgIpc) is 2.50. The Labute approximate surface area is 132 Å². The van der Waals surface area contributed by atoms with E-state index in [1.54, 1.807) is 42.6 Å². The molecule has 108 valence electrons. The summed E-state index contributed by atoms with van der Waals surface area (Å²) < 4.78 is 0. The molecular weight excluding hydrogens is 309 g/mol. The lowest BCUT2D eigenvalue weighted by Crippen LogP contribution is -2.14. The van der Waals surface area contributed by atoms with Crippen LogP contribution in [-0.4, -0.2) is 17.4 Å². The van der Waals surface area contributed by atoms with Gasteiger partial charge in [0.05, 0.1) is 15.7 Å². The average molecular weight is 322 g/mol. The summed E-state index contributed by atoms with van der Waals surface area (Å²) in [6.45, 7) is 4.22. The van der Waals surface area contributed by atoms with Gasteiger partial charge in [0.15, 0.2) is 0 Å². The molecule has 2 N–H and O–H groups in total. The molecule has 0 radical (unpaired) electrons. The largest absolute Gasteiger partial charge is 0.381 e. The van der Waals surface area contributed by atoms with Gasteiger partial charge in [-0.25, -0.2) is 0 Å². The number of carbonyl (C=O) groups is 1. The van der Waals surface area contributed by atoms with Gasteiger partial charge in [0.25, 0.3) is 5.91 Å². The van der Waals surface area contributed by atoms with Crippen molar-refractivity contribution in [2.24, 2.45) is 0 Å². The normalized spacial score (nSPS) is 10.0. The molecule has 0 aliphatic heterocycles. The molecule has 1 aromatic heterocycles. The number of hydrogen-bond donors (Lipinski definition) is 2. The van der Waals surface area contributed by atoms with Gasteiger partial charge in [-0.1, -0.05) is 35.3 Å². The maximum Gasteiger partial charge on any atom is 0.274 e. The molecule has 1 heterocycles. The van der Waals surface area contributed by atoms with Crippen molar-refractivity contribution in [1.82, 2.24) is 4.98 Å². The van der Waals surface area contributed by atoms with Crippen LogP contribution in [0.1, 0.15) is 10.5 Å². The van der Waals surface area contributed by atoms with E-state index in [1.165, 1.54) is 0 Å². The van der Waals surface area contributed by atoms with Gasteiger partial charge in [-0.2, -0.15) is 0 Å². The van der Waals surface area contributed by atoms with Crippen LogP contribution in [-0.2, 0) is 0 Å². The number of halogens is 2. The van der Waals surface area contributed by atoms with E-state index in [1.807, 2.05) is 0 Å². The second-order valence-electron chi connectivity index (χ2n) is 4.15. The summed E-state index contributed by atoms with van der Waals surface area (Å²) in [7, 11) is 0. The van der Waals surface area contributed by atoms with E-state index in [0.29, 0.717) is 22.3 Å². The molecule has 4 nitrogen and oxygen atoms in total. The lowest BCUT2D eigenvalue weighted by Gasteiger charge is -2.09. The summed E-state index contributed by atoms with van der Waals surface area (Å²) in [4.78, 5) is 16.2. The Hall–Kier alpha value is -2.04. The van der Waals surface area contributed by atoms with E-state index in [9.17, 15) is 4.79 Å². The zero-order valence-corrected chi connectivity index (χ0v) is 12.6. The van der Waals surface area contributed by atoms with Crippen molar-refractivity contribution in [2.75, 3.05) is 17.2 Å². The number of benzene rings is 1. The number of hydrogen-bond acceptors (Lipinski definition) is 3. The highest BCUT2D eigenvalue weighted by Gasteiger charge is 2.11. The fraction of sp³-hybridized carbons (Fsp3) is 0.0667. The Kier molecular flexibility index (Phi) is 5.20. The first-order valence-corrected chi connectivity index (χ1v) is 6.93. The molecule has 0 saturated heterocycles. The van der Waals surface area contributed by atoms with E-state index in [0.717, 1.165) is 5.69 Å². The summed E-state index contributed by atoms with van der Waals surface area (Å²) in [5.74, 6) is -0.360. The quantitative estimate of drug-likeness (QED) is 0.810. The first-order chi connectivity index (χ1) is 10.1. The van der Waals surface area contributed by atoms with Crippen LogP contribution in [0.5, 0.6) is 0 Å². The van der Waals surface area contributed by atoms with Crippen LogP contribution < -0.4 is 10.6 Å². The van der Waals surface area contributed by atoms with Gasteiger partial charge in [-0.15, -0.1) is 6.58 Å². The van der Waals surface area contributed by atoms with Crippen LogP contribution in [0.3, 0.4) is 0 Å². The fourth-order valence-electron chi connectivity index (χ4n) is 1.64. The number of nitrogens with one attached hydrogen (secondary N) is 2. The van der Waals surface area contributed by atoms with Gasteiger partial charge >= 0.3 is 0 Å². The van der Waals surface area contributed by atoms with Crippen molar-refractivity contribution < 1.29 is 4.79 Å². The molecule has 0 saturated carbocycles. The third kappa shape index (κ3) is 3.97. The standard InChI is InChI=1S/C15H13Cl2N3O/c1-2-7-18-10-6-8-19-13(9-10)15(21)20-12-5-3-4-11(16)14(12)17/h2-6,8-9H,1,7H2,(H,18,19)(H,20,21). The molecule has 0 fully saturated rings. The lowest BCUT2D eigenvalue weighted by atomic mass is 10.2. The Balaban J connectivity index is 2.16. The second-order valence-corrected chi connectivity index (χ2v) is 4.94. The molecule has 1 amide bonds. The molecule has 2 aromatic rings. The first-order valence-electron chi connectivity index (χ1n) is 6.18. The number of anilines is 2. The van der Waals surface area contributed by atoms with Gasteiger partial charge in [-0.3, -0.25) is 9.78 Å². The van der Waals surface area contributed by atoms with E-state index in [-0.39, 0.29) is 11.6 Å². The minimum absolute atomic E-state index is 0.278. The van der Waals surface area contributed by atoms with Gasteiger partial charge in [0.1, 0.15) is 5.69 Å². The maximum atomic E-state index is 12.2. The number of carbonyl (C=O) groups excluding carboxylic acids is 1. The number of pyridine rings is 1. The molecule has 0 spiro atoms. The van der Waals surface area contributed by atoms with Crippen LogP contribution in [0.2, 0.25) is 10.0 Å². The number of nitrogens with zero attached hydrogens (tertiary/aromatic N) is 1. The van der Waals surface area contributed by atoms with Gasteiger partial charge < -0.3 is 10.6 Å². The van der Waals surface area contributed by atoms with Crippen molar-refractivity contribution in [1.29, 1.82) is 0 Å². The zero-order valence-electron chi connectivity index (χ0n) is 11.1. The van der Waals surface area contributed by atoms with Crippen molar-refractivity contribution in [3.63, 3.8) is 0 Å². The molecular formula is C15H13Cl2N3O. The molecule has 2 rings (SSSR count). The zero-order chi connectivity index (χ0) is 15.2. The summed E-state index contributed by atoms with van der Waals surface area (Å²) in [6, 6.07) is 8.45. The number of rotatable bonds is 5. The Morgan fingerprint density at radius 2 is 2.14 bits per heavy atom. The van der Waals surface area contributed by atoms with Gasteiger partial charge in [-0.05, 0) is 24.3 Å². The Bertz CT molecular complexity index is 674. The van der Waals surface area contributed by atoms with Crippen molar-refractivity contribution in [3.05, 3.63) is 64.9 Å². The monoisotopic (exact) mass is 321 g/mol. The smallest absolute Gasteiger partial charge is 0.274 e. The predicted octanol–water partition coefficient (Wildman–Crippen LogP) is 4.24. The summed E-state index contributed by atoms with van der Waals surface area (Å²) >= 11 is 11.9. The summed E-state index contributed by atoms with van der Waals surface area (Å²) in [5, 5.41) is 6.45. The van der Waals surface area contributed by atoms with E-state index in [4.69, 9.17) is 23.2 Å². The Morgan fingerprint density at radius 3 is 2.90 bits per heavy atom. The molecule has 1 aromatic carbocycles. The fourth-order valence-corrected chi connectivity index (χ4v) is 1.99. The van der Waals surface area contributed by atoms with Crippen LogP contribution in [0.25, 0.3) is 0 Å². The summed E-state index contributed by atoms with van der Waals surface area (Å²) in [6.07, 6.45) is 3.28. The first kappa shape index (κ1) is 15.4. The van der Waals surface area contributed by atoms with Gasteiger partial charge in [0.2, 0.25) is 0 Å². The van der Waals surface area contributed by atoms with E-state index in [2.05, 4.69) is 22.2 Å². The molecule has 21 heavy (non-hydrogen) atoms. The van der Waals surface area contributed by atoms with E-state index < -0.39 is 0 Å². The van der Waals surface area contributed by atoms with Crippen molar-refractivity contribution >= 4 is 40.5 Å². The molecule has 6 heteroatoms. The SMILES string of the molecule is C=CCNc1ccnc(C(=O)Nc2cccc(Cl)c2Cl)c1. The van der Waals surface area contributed by atoms with Gasteiger partial charge in [0, 0.05) is 18.4 Å². The van der Waals surface area contributed by atoms with Crippen LogP contribution in [0.4, 0.5) is 11.4 Å². The minimum Gasteiger partial charge on any atom is -0.381 e. The maximum absolute atomic E-state index is 12.2. The van der Waals surface area contributed by atoms with Crippen molar-refractivity contribution in [3.8, 4) is 0 Å². The van der Waals surface area contributed by atoms with Crippen LogP contribution >= 0.6 is 23.2 Å². The van der Waals surface area contributed by atoms with E-state index >= 15 is 0 Å². The third-order valence-corrected chi connectivity index (χ3v) is 3.46. The highest BCUT2D eigenvalue weighted by molar-refractivity contribution is 6.44. The molecule has 0 unspecified atom stereocenters. The minimum atomic E-state index is -0.360. The Morgan fingerprint density at radius 1 is 1.33 bits per heavy atom. The highest BCUT2D eigenvalue weighted by atomic mass is 35.5. The third-order valence-electron chi connectivity index (χ3n) is 2.64. The number of aromatic nitrogens is 1. The molecule has 0 aliphatic carbocycles. The predicted molar refractivity (Wildman–Crippen MR) is 87.3 cm³/mol. The number of amides is 1. The second kappa shape index (κ2) is 7.11. The molecule has 0 bridgehead atoms.